The summed E-state index contributed by atoms with van der Waals surface area (Å²) >= 11 is 3.01. The summed E-state index contributed by atoms with van der Waals surface area (Å²) in [7, 11) is 0. The van der Waals surface area contributed by atoms with Crippen molar-refractivity contribution in [3.8, 4) is 0 Å². The highest BCUT2D eigenvalue weighted by Gasteiger charge is 2.18. The zero-order chi connectivity index (χ0) is 13.9. The maximum absolute atomic E-state index is 8.96. The van der Waals surface area contributed by atoms with Crippen LogP contribution in [0.4, 0.5) is 0 Å². The molecular weight excluding hydrogens is 292 g/mol. The van der Waals surface area contributed by atoms with Crippen molar-refractivity contribution in [3.63, 3.8) is 0 Å². The van der Waals surface area contributed by atoms with Crippen LogP contribution >= 0.6 is 23.1 Å². The van der Waals surface area contributed by atoms with Crippen LogP contribution in [0.15, 0.2) is 32.2 Å². The molecule has 0 aromatic carbocycles. The van der Waals surface area contributed by atoms with Gasteiger partial charge in [-0.3, -0.25) is 0 Å². The number of nitrogens with zero attached hydrogens (tertiary/aromatic N) is 3. The van der Waals surface area contributed by atoms with Crippen LogP contribution in [0.1, 0.15) is 29.7 Å². The summed E-state index contributed by atoms with van der Waals surface area (Å²) < 4.78 is 0.903. The van der Waals surface area contributed by atoms with Crippen molar-refractivity contribution in [2.24, 2.45) is 10.9 Å². The third-order valence-corrected chi connectivity index (χ3v) is 5.13. The highest BCUT2D eigenvalue weighted by Crippen LogP contribution is 2.33. The first-order chi connectivity index (χ1) is 9.78. The monoisotopic (exact) mass is 306 g/mol. The van der Waals surface area contributed by atoms with E-state index in [1.807, 2.05) is 11.4 Å². The lowest BCUT2D eigenvalue weighted by Gasteiger charge is -2.17. The number of thiazole rings is 1. The SMILES string of the molecule is NC(=NO)c1cc2c(nc1Sc1nccs1)CCCC2. The average Bonchev–Trinajstić information content (AvgIpc) is 2.98. The Morgan fingerprint density at radius 3 is 3.00 bits per heavy atom. The first-order valence-electron chi connectivity index (χ1n) is 6.36. The molecule has 1 aliphatic rings. The zero-order valence-corrected chi connectivity index (χ0v) is 12.4. The van der Waals surface area contributed by atoms with Crippen LogP contribution in [0.25, 0.3) is 0 Å². The molecule has 3 N–H and O–H groups in total. The quantitative estimate of drug-likeness (QED) is 0.394. The van der Waals surface area contributed by atoms with Gasteiger partial charge in [0.2, 0.25) is 0 Å². The van der Waals surface area contributed by atoms with Gasteiger partial charge in [0.25, 0.3) is 0 Å². The van der Waals surface area contributed by atoms with Crippen molar-refractivity contribution in [1.82, 2.24) is 9.97 Å². The Hall–Kier alpha value is -1.60. The predicted octanol–water partition coefficient (Wildman–Crippen LogP) is 2.66. The maximum Gasteiger partial charge on any atom is 0.172 e. The van der Waals surface area contributed by atoms with Gasteiger partial charge in [0.1, 0.15) is 5.03 Å². The molecule has 0 radical (unpaired) electrons. The minimum atomic E-state index is 0.102. The van der Waals surface area contributed by atoms with Gasteiger partial charge in [-0.2, -0.15) is 0 Å². The molecule has 0 spiro atoms. The van der Waals surface area contributed by atoms with Crippen molar-refractivity contribution in [2.75, 3.05) is 0 Å². The molecule has 0 unspecified atom stereocenters. The fraction of sp³-hybridized carbons (Fsp3) is 0.308. The fourth-order valence-electron chi connectivity index (χ4n) is 2.27. The van der Waals surface area contributed by atoms with Crippen LogP contribution in [-0.2, 0) is 12.8 Å². The topological polar surface area (TPSA) is 84.4 Å². The highest BCUT2D eigenvalue weighted by atomic mass is 32.2. The maximum atomic E-state index is 8.96. The molecular formula is C13H14N4OS2. The molecule has 5 nitrogen and oxygen atoms in total. The molecule has 2 aromatic heterocycles. The van der Waals surface area contributed by atoms with Crippen molar-refractivity contribution >= 4 is 28.9 Å². The summed E-state index contributed by atoms with van der Waals surface area (Å²) in [5, 5.41) is 14.8. The van der Waals surface area contributed by atoms with Crippen LogP contribution in [0.5, 0.6) is 0 Å². The van der Waals surface area contributed by atoms with Gasteiger partial charge in [-0.15, -0.1) is 11.3 Å². The van der Waals surface area contributed by atoms with Gasteiger partial charge in [0, 0.05) is 17.3 Å². The second-order valence-electron chi connectivity index (χ2n) is 4.54. The summed E-state index contributed by atoms with van der Waals surface area (Å²) in [5.74, 6) is 0.102. The third-order valence-electron chi connectivity index (χ3n) is 3.24. The zero-order valence-electron chi connectivity index (χ0n) is 10.7. The molecule has 3 rings (SSSR count). The molecule has 0 atom stereocenters. The van der Waals surface area contributed by atoms with E-state index in [2.05, 4.69) is 10.1 Å². The molecule has 2 heterocycles. The van der Waals surface area contributed by atoms with Crippen LogP contribution in [0.3, 0.4) is 0 Å². The number of rotatable bonds is 3. The van der Waals surface area contributed by atoms with E-state index < -0.39 is 0 Å². The minimum absolute atomic E-state index is 0.102. The van der Waals surface area contributed by atoms with E-state index in [1.54, 1.807) is 17.5 Å². The van der Waals surface area contributed by atoms with Gasteiger partial charge in [-0.05, 0) is 49.1 Å². The summed E-state index contributed by atoms with van der Waals surface area (Å²) in [5.41, 5.74) is 8.81. The van der Waals surface area contributed by atoms with E-state index in [1.165, 1.54) is 30.2 Å². The Labute approximate surface area is 124 Å². The fourth-order valence-corrected chi connectivity index (χ4v) is 3.94. The van der Waals surface area contributed by atoms with E-state index in [0.29, 0.717) is 5.56 Å². The molecule has 2 aromatic rings. The number of fused-ring (bicyclic) bond motifs is 1. The first kappa shape index (κ1) is 13.4. The number of hydrogen-bond acceptors (Lipinski definition) is 6. The molecule has 0 aliphatic heterocycles. The second kappa shape index (κ2) is 5.80. The van der Waals surface area contributed by atoms with E-state index >= 15 is 0 Å². The Bertz CT molecular complexity index is 640. The van der Waals surface area contributed by atoms with Crippen molar-refractivity contribution in [3.05, 3.63) is 34.5 Å². The van der Waals surface area contributed by atoms with E-state index in [4.69, 9.17) is 15.9 Å². The van der Waals surface area contributed by atoms with Gasteiger partial charge >= 0.3 is 0 Å². The second-order valence-corrected chi connectivity index (χ2v) is 6.67. The molecule has 20 heavy (non-hydrogen) atoms. The predicted molar refractivity (Wildman–Crippen MR) is 79.6 cm³/mol. The Morgan fingerprint density at radius 2 is 2.25 bits per heavy atom. The van der Waals surface area contributed by atoms with Gasteiger partial charge in [-0.1, -0.05) is 5.16 Å². The van der Waals surface area contributed by atoms with Gasteiger partial charge < -0.3 is 10.9 Å². The van der Waals surface area contributed by atoms with Gasteiger partial charge in [0.15, 0.2) is 10.2 Å². The largest absolute Gasteiger partial charge is 0.409 e. The molecule has 0 saturated heterocycles. The van der Waals surface area contributed by atoms with Crippen molar-refractivity contribution < 1.29 is 5.21 Å². The number of nitrogens with two attached hydrogens (primary N) is 1. The van der Waals surface area contributed by atoms with Gasteiger partial charge in [0.05, 0.1) is 5.56 Å². The molecule has 0 fully saturated rings. The minimum Gasteiger partial charge on any atom is -0.409 e. The number of aryl methyl sites for hydroxylation is 2. The number of hydrogen-bond donors (Lipinski definition) is 2. The normalized spacial score (nSPS) is 15.1. The molecule has 7 heteroatoms. The molecule has 1 aliphatic carbocycles. The van der Waals surface area contributed by atoms with E-state index in [-0.39, 0.29) is 5.84 Å². The molecule has 0 amide bonds. The van der Waals surface area contributed by atoms with E-state index in [9.17, 15) is 0 Å². The molecule has 0 bridgehead atoms. The third kappa shape index (κ3) is 2.64. The number of pyridine rings is 1. The standard InChI is InChI=1S/C13H14N4OS2/c14-11(17-18)9-7-8-3-1-2-4-10(8)16-12(9)20-13-15-5-6-19-13/h5-7,18H,1-4H2,(H2,14,17). The summed E-state index contributed by atoms with van der Waals surface area (Å²) in [4.78, 5) is 8.96. The first-order valence-corrected chi connectivity index (χ1v) is 8.05. The lowest BCUT2D eigenvalue weighted by molar-refractivity contribution is 0.318. The lowest BCUT2D eigenvalue weighted by Crippen LogP contribution is -2.17. The summed E-state index contributed by atoms with van der Waals surface area (Å²) in [6.45, 7) is 0. The Balaban J connectivity index is 2.05. The van der Waals surface area contributed by atoms with Crippen molar-refractivity contribution in [2.45, 2.75) is 35.0 Å². The summed E-state index contributed by atoms with van der Waals surface area (Å²) in [6.07, 6.45) is 6.11. The van der Waals surface area contributed by atoms with Crippen LogP contribution in [0, 0.1) is 0 Å². The Kier molecular flexibility index (Phi) is 3.88. The number of aromatic nitrogens is 2. The van der Waals surface area contributed by atoms with Crippen LogP contribution < -0.4 is 5.73 Å². The van der Waals surface area contributed by atoms with Crippen molar-refractivity contribution in [1.29, 1.82) is 0 Å². The van der Waals surface area contributed by atoms with E-state index in [0.717, 1.165) is 27.9 Å². The number of amidine groups is 1. The van der Waals surface area contributed by atoms with Gasteiger partial charge in [-0.25, -0.2) is 9.97 Å². The average molecular weight is 306 g/mol. The molecule has 104 valence electrons. The smallest absolute Gasteiger partial charge is 0.172 e. The summed E-state index contributed by atoms with van der Waals surface area (Å²) in [6, 6.07) is 2.01. The molecule has 0 saturated carbocycles. The lowest BCUT2D eigenvalue weighted by atomic mass is 9.95. The van der Waals surface area contributed by atoms with Crippen LogP contribution in [-0.4, -0.2) is 21.0 Å². The highest BCUT2D eigenvalue weighted by molar-refractivity contribution is 8.01. The Morgan fingerprint density at radius 1 is 1.40 bits per heavy atom. The number of oxime groups is 1. The van der Waals surface area contributed by atoms with Crippen LogP contribution in [0.2, 0.25) is 0 Å².